The van der Waals surface area contributed by atoms with E-state index in [1.807, 2.05) is 0 Å². The Morgan fingerprint density at radius 1 is 1.05 bits per heavy atom. The van der Waals surface area contributed by atoms with E-state index in [4.69, 9.17) is 5.73 Å². The van der Waals surface area contributed by atoms with Gasteiger partial charge >= 0.3 is 0 Å². The summed E-state index contributed by atoms with van der Waals surface area (Å²) in [5.74, 6) is -4.08. The Bertz CT molecular complexity index is 599. The van der Waals surface area contributed by atoms with E-state index < -0.39 is 44.5 Å². The van der Waals surface area contributed by atoms with Gasteiger partial charge in [-0.1, -0.05) is 19.3 Å². The molecule has 0 radical (unpaired) electrons. The van der Waals surface area contributed by atoms with Gasteiger partial charge in [-0.2, -0.15) is 0 Å². The van der Waals surface area contributed by atoms with Gasteiger partial charge in [0.15, 0.2) is 4.90 Å². The van der Waals surface area contributed by atoms with Crippen LogP contribution < -0.4 is 10.5 Å². The molecule has 0 saturated heterocycles. The van der Waals surface area contributed by atoms with Gasteiger partial charge in [0.25, 0.3) is 0 Å². The van der Waals surface area contributed by atoms with Crippen molar-refractivity contribution in [1.29, 1.82) is 0 Å². The van der Waals surface area contributed by atoms with Gasteiger partial charge in [-0.3, -0.25) is 0 Å². The Hall–Kier alpha value is -1.12. The molecule has 0 aromatic heterocycles. The van der Waals surface area contributed by atoms with E-state index in [-0.39, 0.29) is 0 Å². The average Bonchev–Trinajstić information content (AvgIpc) is 2.52. The van der Waals surface area contributed by atoms with Crippen LogP contribution in [0.2, 0.25) is 0 Å². The quantitative estimate of drug-likeness (QED) is 0.837. The number of hydrogen-bond donors (Lipinski definition) is 2. The van der Waals surface area contributed by atoms with Gasteiger partial charge in [0.1, 0.15) is 17.5 Å². The molecule has 8 heteroatoms. The van der Waals surface area contributed by atoms with Crippen molar-refractivity contribution in [3.8, 4) is 0 Å². The lowest BCUT2D eigenvalue weighted by atomic mass is 10.1. The topological polar surface area (TPSA) is 72.2 Å². The molecule has 1 aromatic carbocycles. The highest BCUT2D eigenvalue weighted by Crippen LogP contribution is 2.23. The van der Waals surface area contributed by atoms with E-state index in [1.54, 1.807) is 0 Å². The molecule has 2 rings (SSSR count). The fraction of sp³-hybridized carbons (Fsp3) is 0.538. The van der Waals surface area contributed by atoms with E-state index in [0.29, 0.717) is 25.0 Å². The lowest BCUT2D eigenvalue weighted by Crippen LogP contribution is -2.47. The first-order chi connectivity index (χ1) is 9.81. The lowest BCUT2D eigenvalue weighted by molar-refractivity contribution is 0.447. The van der Waals surface area contributed by atoms with Crippen LogP contribution in [0.3, 0.4) is 0 Å². The molecule has 1 aliphatic rings. The third-order valence-corrected chi connectivity index (χ3v) is 5.15. The molecule has 2 unspecified atom stereocenters. The van der Waals surface area contributed by atoms with Crippen molar-refractivity contribution in [3.05, 3.63) is 29.6 Å². The summed E-state index contributed by atoms with van der Waals surface area (Å²) in [7, 11) is -4.43. The second-order valence-electron chi connectivity index (χ2n) is 5.23. The monoisotopic (exact) mass is 322 g/mol. The molecule has 21 heavy (non-hydrogen) atoms. The zero-order valence-electron chi connectivity index (χ0n) is 11.3. The van der Waals surface area contributed by atoms with Gasteiger partial charge in [-0.15, -0.1) is 0 Å². The van der Waals surface area contributed by atoms with Crippen LogP contribution in [-0.4, -0.2) is 20.5 Å². The summed E-state index contributed by atoms with van der Waals surface area (Å²) in [6.07, 6.45) is 3.76. The average molecular weight is 322 g/mol. The Balaban J connectivity index is 2.30. The summed E-state index contributed by atoms with van der Waals surface area (Å²) >= 11 is 0. The van der Waals surface area contributed by atoms with Crippen molar-refractivity contribution in [3.63, 3.8) is 0 Å². The van der Waals surface area contributed by atoms with Gasteiger partial charge in [-0.05, 0) is 12.8 Å². The highest BCUT2D eigenvalue weighted by atomic mass is 32.2. The van der Waals surface area contributed by atoms with Crippen molar-refractivity contribution in [1.82, 2.24) is 4.72 Å². The number of sulfonamides is 1. The van der Waals surface area contributed by atoms with Gasteiger partial charge in [0, 0.05) is 24.2 Å². The Morgan fingerprint density at radius 3 is 2.24 bits per heavy atom. The number of hydrogen-bond acceptors (Lipinski definition) is 3. The van der Waals surface area contributed by atoms with E-state index in [0.717, 1.165) is 19.3 Å². The normalized spacial score (nSPS) is 23.8. The molecule has 0 spiro atoms. The number of halogens is 3. The molecule has 1 aromatic rings. The Morgan fingerprint density at radius 2 is 1.62 bits per heavy atom. The first kappa shape index (κ1) is 16.3. The molecule has 0 amide bonds. The molecule has 118 valence electrons. The maximum Gasteiger partial charge on any atom is 0.246 e. The van der Waals surface area contributed by atoms with Crippen LogP contribution in [0.4, 0.5) is 13.2 Å². The summed E-state index contributed by atoms with van der Waals surface area (Å²) in [6, 6.07) is -0.315. The summed E-state index contributed by atoms with van der Waals surface area (Å²) in [6.45, 7) is 0. The molecule has 4 nitrogen and oxygen atoms in total. The van der Waals surface area contributed by atoms with Gasteiger partial charge in [0.2, 0.25) is 10.0 Å². The molecule has 1 fully saturated rings. The lowest BCUT2D eigenvalue weighted by Gasteiger charge is -2.22. The molecule has 1 aliphatic carbocycles. The maximum atomic E-state index is 13.6. The predicted molar refractivity (Wildman–Crippen MR) is 71.5 cm³/mol. The molecule has 0 bridgehead atoms. The molecule has 1 saturated carbocycles. The van der Waals surface area contributed by atoms with Gasteiger partial charge in [0.05, 0.1) is 0 Å². The van der Waals surface area contributed by atoms with E-state index >= 15 is 0 Å². The van der Waals surface area contributed by atoms with Crippen LogP contribution in [0.25, 0.3) is 0 Å². The standard InChI is InChI=1S/C13H17F3N2O2S/c14-8-6-9(15)13(10(16)7-8)21(19,20)18-12-5-3-1-2-4-11(12)17/h6-7,11-12,18H,1-5,17H2. The van der Waals surface area contributed by atoms with Crippen molar-refractivity contribution in [2.24, 2.45) is 5.73 Å². The summed E-state index contributed by atoms with van der Waals surface area (Å²) in [5.41, 5.74) is 5.89. The summed E-state index contributed by atoms with van der Waals surface area (Å²) in [4.78, 5) is -1.17. The fourth-order valence-electron chi connectivity index (χ4n) is 2.53. The molecule has 0 aliphatic heterocycles. The van der Waals surface area contributed by atoms with Crippen molar-refractivity contribution >= 4 is 10.0 Å². The van der Waals surface area contributed by atoms with Gasteiger partial charge < -0.3 is 5.73 Å². The van der Waals surface area contributed by atoms with Gasteiger partial charge in [-0.25, -0.2) is 26.3 Å². The highest BCUT2D eigenvalue weighted by Gasteiger charge is 2.30. The molecule has 2 atom stereocenters. The fourth-order valence-corrected chi connectivity index (χ4v) is 3.97. The van der Waals surface area contributed by atoms with E-state index in [1.165, 1.54) is 0 Å². The SMILES string of the molecule is NC1CCCCCC1NS(=O)(=O)c1c(F)cc(F)cc1F. The van der Waals surface area contributed by atoms with Crippen molar-refractivity contribution in [2.45, 2.75) is 49.1 Å². The molecule has 3 N–H and O–H groups in total. The second kappa shape index (κ2) is 6.33. The minimum Gasteiger partial charge on any atom is -0.326 e. The van der Waals surface area contributed by atoms with Crippen LogP contribution in [0, 0.1) is 17.5 Å². The zero-order chi connectivity index (χ0) is 15.6. The number of nitrogens with one attached hydrogen (secondary N) is 1. The van der Waals surface area contributed by atoms with Crippen LogP contribution in [-0.2, 0) is 10.0 Å². The van der Waals surface area contributed by atoms with Crippen LogP contribution in [0.1, 0.15) is 32.1 Å². The van der Waals surface area contributed by atoms with Crippen molar-refractivity contribution < 1.29 is 21.6 Å². The minimum atomic E-state index is -4.43. The van der Waals surface area contributed by atoms with E-state index in [9.17, 15) is 21.6 Å². The number of rotatable bonds is 3. The minimum absolute atomic E-state index is 0.338. The number of benzene rings is 1. The Kier molecular flexibility index (Phi) is 4.90. The smallest absolute Gasteiger partial charge is 0.246 e. The number of nitrogens with two attached hydrogens (primary N) is 1. The van der Waals surface area contributed by atoms with Crippen LogP contribution >= 0.6 is 0 Å². The third kappa shape index (κ3) is 3.75. The van der Waals surface area contributed by atoms with E-state index in [2.05, 4.69) is 4.72 Å². The summed E-state index contributed by atoms with van der Waals surface area (Å²) in [5, 5.41) is 0. The summed E-state index contributed by atoms with van der Waals surface area (Å²) < 4.78 is 66.6. The van der Waals surface area contributed by atoms with Crippen LogP contribution in [0.5, 0.6) is 0 Å². The molecular weight excluding hydrogens is 305 g/mol. The molecule has 0 heterocycles. The third-order valence-electron chi connectivity index (χ3n) is 3.61. The first-order valence-electron chi connectivity index (χ1n) is 6.74. The maximum absolute atomic E-state index is 13.6. The van der Waals surface area contributed by atoms with Crippen LogP contribution in [0.15, 0.2) is 17.0 Å². The molecular formula is C13H17F3N2O2S. The predicted octanol–water partition coefficient (Wildman–Crippen LogP) is 2.04. The first-order valence-corrected chi connectivity index (χ1v) is 8.22. The Labute approximate surface area is 121 Å². The largest absolute Gasteiger partial charge is 0.326 e. The highest BCUT2D eigenvalue weighted by molar-refractivity contribution is 7.89. The van der Waals surface area contributed by atoms with Crippen molar-refractivity contribution in [2.75, 3.05) is 0 Å². The zero-order valence-corrected chi connectivity index (χ0v) is 12.1. The second-order valence-corrected chi connectivity index (χ2v) is 6.88.